The van der Waals surface area contributed by atoms with Gasteiger partial charge in [-0.25, -0.2) is 14.0 Å². The summed E-state index contributed by atoms with van der Waals surface area (Å²) in [6.45, 7) is 3.96. The number of halogens is 3. The smallest absolute Gasteiger partial charge is 0.246 e. The Hall–Kier alpha value is -2.05. The number of benzene rings is 1. The van der Waals surface area contributed by atoms with Gasteiger partial charge in [-0.2, -0.15) is 13.2 Å². The lowest BCUT2D eigenvalue weighted by Crippen LogP contribution is -2.24. The van der Waals surface area contributed by atoms with Crippen molar-refractivity contribution in [1.82, 2.24) is 14.3 Å². The second-order valence-electron chi connectivity index (χ2n) is 4.81. The molecule has 0 unspecified atom stereocenters. The minimum Gasteiger partial charge on any atom is -0.246 e. The standard InChI is InChI=1S/C13H14F3N3O/c1-8(2)9-4-6-10(7-5-9)19-11(13(14,15)16)17-18(3)12(19)20/h4-8H,1-3H3. The molecular weight excluding hydrogens is 271 g/mol. The maximum absolute atomic E-state index is 12.9. The summed E-state index contributed by atoms with van der Waals surface area (Å²) < 4.78 is 40.0. The Morgan fingerprint density at radius 3 is 2.15 bits per heavy atom. The van der Waals surface area contributed by atoms with E-state index in [1.165, 1.54) is 19.2 Å². The van der Waals surface area contributed by atoms with E-state index < -0.39 is 17.7 Å². The van der Waals surface area contributed by atoms with Gasteiger partial charge in [-0.15, -0.1) is 5.10 Å². The van der Waals surface area contributed by atoms with E-state index in [2.05, 4.69) is 5.10 Å². The van der Waals surface area contributed by atoms with Crippen LogP contribution in [0, 0.1) is 0 Å². The zero-order chi connectivity index (χ0) is 15.1. The Morgan fingerprint density at radius 2 is 1.70 bits per heavy atom. The first-order chi connectivity index (χ1) is 9.21. The van der Waals surface area contributed by atoms with Gasteiger partial charge in [-0.05, 0) is 23.6 Å². The van der Waals surface area contributed by atoms with Crippen LogP contribution in [0.2, 0.25) is 0 Å². The highest BCUT2D eigenvalue weighted by Gasteiger charge is 2.39. The van der Waals surface area contributed by atoms with E-state index in [1.54, 1.807) is 12.1 Å². The van der Waals surface area contributed by atoms with Crippen molar-refractivity contribution in [3.05, 3.63) is 46.1 Å². The normalized spacial score (nSPS) is 12.2. The minimum atomic E-state index is -4.68. The average Bonchev–Trinajstić information content (AvgIpc) is 2.66. The Labute approximate surface area is 113 Å². The lowest BCUT2D eigenvalue weighted by atomic mass is 10.0. The van der Waals surface area contributed by atoms with Crippen LogP contribution in [0.5, 0.6) is 0 Å². The fraction of sp³-hybridized carbons (Fsp3) is 0.385. The van der Waals surface area contributed by atoms with E-state index >= 15 is 0 Å². The number of aromatic nitrogens is 3. The predicted molar refractivity (Wildman–Crippen MR) is 67.9 cm³/mol. The van der Waals surface area contributed by atoms with Gasteiger partial charge in [0, 0.05) is 7.05 Å². The van der Waals surface area contributed by atoms with Crippen molar-refractivity contribution in [2.75, 3.05) is 0 Å². The van der Waals surface area contributed by atoms with Crippen molar-refractivity contribution in [3.8, 4) is 5.69 Å². The first kappa shape index (κ1) is 14.4. The van der Waals surface area contributed by atoms with Gasteiger partial charge < -0.3 is 0 Å². The number of nitrogens with zero attached hydrogens (tertiary/aromatic N) is 3. The quantitative estimate of drug-likeness (QED) is 0.851. The molecule has 0 aliphatic heterocycles. The Balaban J connectivity index is 2.60. The van der Waals surface area contributed by atoms with Crippen LogP contribution in [0.3, 0.4) is 0 Å². The maximum Gasteiger partial charge on any atom is 0.452 e. The molecule has 0 amide bonds. The molecule has 0 atom stereocenters. The summed E-state index contributed by atoms with van der Waals surface area (Å²) in [5, 5.41) is 3.26. The molecule has 0 aliphatic rings. The third-order valence-electron chi connectivity index (χ3n) is 3.00. The monoisotopic (exact) mass is 285 g/mol. The number of rotatable bonds is 2. The number of hydrogen-bond donors (Lipinski definition) is 0. The summed E-state index contributed by atoms with van der Waals surface area (Å²) in [7, 11) is 1.19. The molecule has 1 aromatic heterocycles. The summed E-state index contributed by atoms with van der Waals surface area (Å²) in [6.07, 6.45) is -4.68. The molecule has 2 aromatic rings. The first-order valence-corrected chi connectivity index (χ1v) is 6.05. The molecule has 0 saturated carbocycles. The highest BCUT2D eigenvalue weighted by Crippen LogP contribution is 2.28. The molecular formula is C13H14F3N3O. The molecule has 0 fully saturated rings. The van der Waals surface area contributed by atoms with Crippen LogP contribution in [-0.2, 0) is 13.2 Å². The second-order valence-corrected chi connectivity index (χ2v) is 4.81. The van der Waals surface area contributed by atoms with E-state index in [0.29, 0.717) is 9.25 Å². The van der Waals surface area contributed by atoms with Crippen molar-refractivity contribution in [2.45, 2.75) is 25.9 Å². The van der Waals surface area contributed by atoms with Gasteiger partial charge >= 0.3 is 11.9 Å². The first-order valence-electron chi connectivity index (χ1n) is 6.05. The predicted octanol–water partition coefficient (Wildman–Crippen LogP) is 2.71. The molecule has 4 nitrogen and oxygen atoms in total. The van der Waals surface area contributed by atoms with E-state index in [9.17, 15) is 18.0 Å². The summed E-state index contributed by atoms with van der Waals surface area (Å²) in [5.41, 5.74) is 0.314. The van der Waals surface area contributed by atoms with Gasteiger partial charge in [0.25, 0.3) is 0 Å². The van der Waals surface area contributed by atoms with Gasteiger partial charge in [0.05, 0.1) is 5.69 Å². The second kappa shape index (κ2) is 4.81. The summed E-state index contributed by atoms with van der Waals surface area (Å²) in [4.78, 5) is 11.8. The number of alkyl halides is 3. The van der Waals surface area contributed by atoms with Crippen LogP contribution < -0.4 is 5.69 Å². The summed E-state index contributed by atoms with van der Waals surface area (Å²) in [5.74, 6) is -0.959. The van der Waals surface area contributed by atoms with E-state index in [1.807, 2.05) is 13.8 Å². The fourth-order valence-electron chi connectivity index (χ4n) is 1.89. The van der Waals surface area contributed by atoms with Crippen LogP contribution in [0.1, 0.15) is 31.2 Å². The van der Waals surface area contributed by atoms with Crippen molar-refractivity contribution in [1.29, 1.82) is 0 Å². The van der Waals surface area contributed by atoms with Crippen LogP contribution in [0.15, 0.2) is 29.1 Å². The molecule has 0 bridgehead atoms. The van der Waals surface area contributed by atoms with Crippen molar-refractivity contribution in [3.63, 3.8) is 0 Å². The SMILES string of the molecule is CC(C)c1ccc(-n2c(C(F)(F)F)nn(C)c2=O)cc1. The van der Waals surface area contributed by atoms with Crippen molar-refractivity contribution >= 4 is 0 Å². The third-order valence-corrected chi connectivity index (χ3v) is 3.00. The van der Waals surface area contributed by atoms with E-state index in [-0.39, 0.29) is 11.6 Å². The summed E-state index contributed by atoms with van der Waals surface area (Å²) >= 11 is 0. The van der Waals surface area contributed by atoms with Gasteiger partial charge in [-0.3, -0.25) is 0 Å². The van der Waals surface area contributed by atoms with Crippen LogP contribution in [0.4, 0.5) is 13.2 Å². The highest BCUT2D eigenvalue weighted by atomic mass is 19.4. The zero-order valence-electron chi connectivity index (χ0n) is 11.3. The Kier molecular flexibility index (Phi) is 3.45. The molecule has 0 aliphatic carbocycles. The van der Waals surface area contributed by atoms with Gasteiger partial charge in [-0.1, -0.05) is 26.0 Å². The van der Waals surface area contributed by atoms with Crippen LogP contribution in [0.25, 0.3) is 5.69 Å². The maximum atomic E-state index is 12.9. The topological polar surface area (TPSA) is 39.8 Å². The zero-order valence-corrected chi connectivity index (χ0v) is 11.3. The molecule has 0 radical (unpaired) electrons. The number of aryl methyl sites for hydroxylation is 1. The number of hydrogen-bond acceptors (Lipinski definition) is 2. The Morgan fingerprint density at radius 1 is 1.15 bits per heavy atom. The molecule has 1 heterocycles. The van der Waals surface area contributed by atoms with E-state index in [4.69, 9.17) is 0 Å². The minimum absolute atomic E-state index is 0.153. The average molecular weight is 285 g/mol. The lowest BCUT2D eigenvalue weighted by Gasteiger charge is -2.10. The van der Waals surface area contributed by atoms with Crippen molar-refractivity contribution in [2.24, 2.45) is 7.05 Å². The fourth-order valence-corrected chi connectivity index (χ4v) is 1.89. The van der Waals surface area contributed by atoms with E-state index in [0.717, 1.165) is 5.56 Å². The van der Waals surface area contributed by atoms with Crippen molar-refractivity contribution < 1.29 is 13.2 Å². The lowest BCUT2D eigenvalue weighted by molar-refractivity contribution is -0.146. The van der Waals surface area contributed by atoms with Gasteiger partial charge in [0.1, 0.15) is 0 Å². The third kappa shape index (κ3) is 2.48. The molecule has 20 heavy (non-hydrogen) atoms. The molecule has 0 N–H and O–H groups in total. The molecule has 1 aromatic carbocycles. The Bertz CT molecular complexity index is 666. The van der Waals surface area contributed by atoms with Gasteiger partial charge in [0.15, 0.2) is 0 Å². The molecule has 7 heteroatoms. The summed E-state index contributed by atoms with van der Waals surface area (Å²) in [6, 6.07) is 6.40. The largest absolute Gasteiger partial charge is 0.452 e. The molecule has 2 rings (SSSR count). The van der Waals surface area contributed by atoms with Gasteiger partial charge in [0.2, 0.25) is 5.82 Å². The molecule has 108 valence electrons. The van der Waals surface area contributed by atoms with Crippen LogP contribution >= 0.6 is 0 Å². The molecule has 0 saturated heterocycles. The highest BCUT2D eigenvalue weighted by molar-refractivity contribution is 5.36. The van der Waals surface area contributed by atoms with Crippen LogP contribution in [-0.4, -0.2) is 14.3 Å². The molecule has 0 spiro atoms.